The van der Waals surface area contributed by atoms with Crippen molar-refractivity contribution < 1.29 is 4.79 Å². The molecule has 0 aliphatic carbocycles. The molecule has 0 spiro atoms. The fourth-order valence-electron chi connectivity index (χ4n) is 1.62. The van der Waals surface area contributed by atoms with Crippen molar-refractivity contribution in [3.8, 4) is 0 Å². The van der Waals surface area contributed by atoms with Crippen molar-refractivity contribution in [3.05, 3.63) is 52.3 Å². The molecule has 0 saturated heterocycles. The summed E-state index contributed by atoms with van der Waals surface area (Å²) in [7, 11) is 0. The maximum atomic E-state index is 12.1. The van der Waals surface area contributed by atoms with Crippen molar-refractivity contribution in [2.75, 3.05) is 10.7 Å². The van der Waals surface area contributed by atoms with Crippen molar-refractivity contribution in [2.24, 2.45) is 5.84 Å². The number of carbonyl (C=O) groups excluding carboxylic acids is 1. The molecule has 0 aliphatic rings. The van der Waals surface area contributed by atoms with Crippen molar-refractivity contribution in [1.82, 2.24) is 4.98 Å². The molecule has 2 aromatic rings. The summed E-state index contributed by atoms with van der Waals surface area (Å²) in [6, 6.07) is 7.23. The summed E-state index contributed by atoms with van der Waals surface area (Å²) in [5.41, 5.74) is 5.16. The van der Waals surface area contributed by atoms with Crippen LogP contribution in [0.3, 0.4) is 0 Å². The van der Waals surface area contributed by atoms with Crippen LogP contribution >= 0.6 is 15.9 Å². The summed E-state index contributed by atoms with van der Waals surface area (Å²) in [6.07, 6.45) is 3.03. The standard InChI is InChI=1S/C13H13BrN4O/c1-8-6-9(2-3-11(8)14)17-13(19)10-7-16-5-4-12(10)18-15/h2-7H,15H2,1H3,(H,16,18)(H,17,19). The number of benzene rings is 1. The van der Waals surface area contributed by atoms with E-state index in [9.17, 15) is 4.79 Å². The number of hydrogen-bond donors (Lipinski definition) is 3. The zero-order valence-corrected chi connectivity index (χ0v) is 11.9. The molecule has 0 aliphatic heterocycles. The summed E-state index contributed by atoms with van der Waals surface area (Å²) in [6.45, 7) is 1.96. The number of pyridine rings is 1. The van der Waals surface area contributed by atoms with Gasteiger partial charge in [0.05, 0.1) is 11.3 Å². The minimum atomic E-state index is -0.261. The maximum absolute atomic E-state index is 12.1. The average molecular weight is 321 g/mol. The molecule has 0 atom stereocenters. The highest BCUT2D eigenvalue weighted by Crippen LogP contribution is 2.21. The van der Waals surface area contributed by atoms with Crippen LogP contribution in [0.5, 0.6) is 0 Å². The van der Waals surface area contributed by atoms with Crippen LogP contribution in [0.4, 0.5) is 11.4 Å². The Morgan fingerprint density at radius 1 is 1.37 bits per heavy atom. The van der Waals surface area contributed by atoms with Crippen molar-refractivity contribution >= 4 is 33.2 Å². The molecule has 98 valence electrons. The van der Waals surface area contributed by atoms with Gasteiger partial charge in [-0.1, -0.05) is 15.9 Å². The normalized spacial score (nSPS) is 10.1. The number of hydrazine groups is 1. The number of halogens is 1. The second-order valence-electron chi connectivity index (χ2n) is 3.98. The zero-order chi connectivity index (χ0) is 13.8. The second kappa shape index (κ2) is 5.81. The van der Waals surface area contributed by atoms with Crippen molar-refractivity contribution in [1.29, 1.82) is 0 Å². The van der Waals surface area contributed by atoms with Gasteiger partial charge in [0.25, 0.3) is 5.91 Å². The lowest BCUT2D eigenvalue weighted by Gasteiger charge is -2.10. The number of nitrogens with one attached hydrogen (secondary N) is 2. The van der Waals surface area contributed by atoms with E-state index < -0.39 is 0 Å². The molecule has 1 aromatic carbocycles. The predicted molar refractivity (Wildman–Crippen MR) is 78.9 cm³/mol. The average Bonchev–Trinajstić information content (AvgIpc) is 2.43. The Hall–Kier alpha value is -1.92. The zero-order valence-electron chi connectivity index (χ0n) is 10.3. The fourth-order valence-corrected chi connectivity index (χ4v) is 1.87. The van der Waals surface area contributed by atoms with Gasteiger partial charge in [-0.2, -0.15) is 0 Å². The molecule has 5 nitrogen and oxygen atoms in total. The van der Waals surface area contributed by atoms with E-state index in [2.05, 4.69) is 31.7 Å². The summed E-state index contributed by atoms with van der Waals surface area (Å²) in [5, 5.41) is 2.81. The van der Waals surface area contributed by atoms with E-state index in [1.165, 1.54) is 6.20 Å². The summed E-state index contributed by atoms with van der Waals surface area (Å²) in [4.78, 5) is 16.1. The molecule has 0 saturated carbocycles. The lowest BCUT2D eigenvalue weighted by molar-refractivity contribution is 0.102. The van der Waals surface area contributed by atoms with E-state index in [1.54, 1.807) is 12.3 Å². The highest BCUT2D eigenvalue weighted by molar-refractivity contribution is 9.10. The molecule has 1 heterocycles. The van der Waals surface area contributed by atoms with Crippen LogP contribution in [0.2, 0.25) is 0 Å². The number of hydrogen-bond acceptors (Lipinski definition) is 4. The molecule has 2 rings (SSSR count). The largest absolute Gasteiger partial charge is 0.323 e. The molecule has 0 unspecified atom stereocenters. The lowest BCUT2D eigenvalue weighted by atomic mass is 10.2. The van der Waals surface area contributed by atoms with Gasteiger partial charge < -0.3 is 10.7 Å². The van der Waals surface area contributed by atoms with Crippen LogP contribution in [-0.2, 0) is 0 Å². The first-order chi connectivity index (χ1) is 9.11. The quantitative estimate of drug-likeness (QED) is 0.600. The van der Waals surface area contributed by atoms with Crippen LogP contribution in [0.25, 0.3) is 0 Å². The van der Waals surface area contributed by atoms with Gasteiger partial charge in [0.2, 0.25) is 0 Å². The molecule has 1 aromatic heterocycles. The van der Waals surface area contributed by atoms with Crippen LogP contribution < -0.4 is 16.6 Å². The van der Waals surface area contributed by atoms with Gasteiger partial charge in [-0.15, -0.1) is 0 Å². The highest BCUT2D eigenvalue weighted by atomic mass is 79.9. The van der Waals surface area contributed by atoms with Crippen LogP contribution in [-0.4, -0.2) is 10.9 Å². The number of nitrogen functional groups attached to an aromatic ring is 1. The molecule has 6 heteroatoms. The first-order valence-electron chi connectivity index (χ1n) is 5.60. The number of rotatable bonds is 3. The summed E-state index contributed by atoms with van der Waals surface area (Å²) >= 11 is 3.41. The molecule has 19 heavy (non-hydrogen) atoms. The van der Waals surface area contributed by atoms with E-state index in [1.807, 2.05) is 25.1 Å². The van der Waals surface area contributed by atoms with E-state index in [-0.39, 0.29) is 5.91 Å². The second-order valence-corrected chi connectivity index (χ2v) is 4.84. The van der Waals surface area contributed by atoms with Gasteiger partial charge in [-0.25, -0.2) is 0 Å². The Morgan fingerprint density at radius 2 is 2.16 bits per heavy atom. The molecule has 0 fully saturated rings. The number of nitrogens with two attached hydrogens (primary N) is 1. The number of carbonyl (C=O) groups is 1. The molecule has 0 radical (unpaired) electrons. The van der Waals surface area contributed by atoms with Crippen molar-refractivity contribution in [3.63, 3.8) is 0 Å². The Kier molecular flexibility index (Phi) is 4.13. The number of amides is 1. The van der Waals surface area contributed by atoms with Crippen LogP contribution in [0.15, 0.2) is 41.1 Å². The first-order valence-corrected chi connectivity index (χ1v) is 6.39. The van der Waals surface area contributed by atoms with Gasteiger partial charge in [0.1, 0.15) is 0 Å². The smallest absolute Gasteiger partial charge is 0.259 e. The molecule has 1 amide bonds. The third-order valence-corrected chi connectivity index (χ3v) is 3.53. The minimum absolute atomic E-state index is 0.261. The molecular formula is C13H13BrN4O. The number of aromatic nitrogens is 1. The van der Waals surface area contributed by atoms with Crippen LogP contribution in [0, 0.1) is 6.92 Å². The molecule has 4 N–H and O–H groups in total. The van der Waals surface area contributed by atoms with Gasteiger partial charge in [0.15, 0.2) is 0 Å². The highest BCUT2D eigenvalue weighted by Gasteiger charge is 2.11. The van der Waals surface area contributed by atoms with E-state index in [0.29, 0.717) is 11.3 Å². The predicted octanol–water partition coefficient (Wildman–Crippen LogP) is 2.69. The van der Waals surface area contributed by atoms with Crippen molar-refractivity contribution in [2.45, 2.75) is 6.92 Å². The third-order valence-electron chi connectivity index (χ3n) is 2.64. The minimum Gasteiger partial charge on any atom is -0.323 e. The fraction of sp³-hybridized carbons (Fsp3) is 0.0769. The van der Waals surface area contributed by atoms with Gasteiger partial charge in [0, 0.05) is 22.6 Å². The Morgan fingerprint density at radius 3 is 2.84 bits per heavy atom. The SMILES string of the molecule is Cc1cc(NC(=O)c2cnccc2NN)ccc1Br. The van der Waals surface area contributed by atoms with Gasteiger partial charge >= 0.3 is 0 Å². The van der Waals surface area contributed by atoms with E-state index in [0.717, 1.165) is 15.7 Å². The Balaban J connectivity index is 2.23. The maximum Gasteiger partial charge on any atom is 0.259 e. The molecule has 0 bridgehead atoms. The number of aryl methyl sites for hydroxylation is 1. The lowest BCUT2D eigenvalue weighted by Crippen LogP contribution is -2.17. The van der Waals surface area contributed by atoms with Gasteiger partial charge in [-0.3, -0.25) is 15.6 Å². The summed E-state index contributed by atoms with van der Waals surface area (Å²) < 4.78 is 0.996. The number of nitrogens with zero attached hydrogens (tertiary/aromatic N) is 1. The molecular weight excluding hydrogens is 308 g/mol. The Bertz CT molecular complexity index is 615. The Labute approximate surface area is 119 Å². The monoisotopic (exact) mass is 320 g/mol. The van der Waals surface area contributed by atoms with Crippen LogP contribution in [0.1, 0.15) is 15.9 Å². The first kappa shape index (κ1) is 13.5. The van der Waals surface area contributed by atoms with E-state index >= 15 is 0 Å². The number of anilines is 2. The summed E-state index contributed by atoms with van der Waals surface area (Å²) in [5.74, 6) is 5.10. The third kappa shape index (κ3) is 3.10. The van der Waals surface area contributed by atoms with Gasteiger partial charge in [-0.05, 0) is 36.8 Å². The van der Waals surface area contributed by atoms with E-state index in [4.69, 9.17) is 5.84 Å². The topological polar surface area (TPSA) is 80.0 Å².